The molecular formula is C19H14O3. The zero-order valence-corrected chi connectivity index (χ0v) is 11.7. The number of benzene rings is 3. The van der Waals surface area contributed by atoms with Crippen LogP contribution in [0.5, 0.6) is 0 Å². The summed E-state index contributed by atoms with van der Waals surface area (Å²) in [4.78, 5) is 12.6. The Morgan fingerprint density at radius 3 is 2.32 bits per heavy atom. The van der Waals surface area contributed by atoms with Gasteiger partial charge in [-0.15, -0.1) is 0 Å². The van der Waals surface area contributed by atoms with Crippen LogP contribution in [-0.4, -0.2) is 22.1 Å². The largest absolute Gasteiger partial charge is 0.385 e. The number of hydrogen-bond acceptors (Lipinski definition) is 3. The molecule has 0 amide bonds. The molecule has 4 rings (SSSR count). The van der Waals surface area contributed by atoms with Gasteiger partial charge in [0.2, 0.25) is 0 Å². The van der Waals surface area contributed by atoms with Crippen molar-refractivity contribution in [2.45, 2.75) is 12.2 Å². The summed E-state index contributed by atoms with van der Waals surface area (Å²) in [5, 5.41) is 22.0. The van der Waals surface area contributed by atoms with Crippen molar-refractivity contribution in [1.29, 1.82) is 0 Å². The summed E-state index contributed by atoms with van der Waals surface area (Å²) < 4.78 is 0. The van der Waals surface area contributed by atoms with Crippen LogP contribution in [0.2, 0.25) is 0 Å². The van der Waals surface area contributed by atoms with Crippen molar-refractivity contribution in [2.75, 3.05) is 0 Å². The lowest BCUT2D eigenvalue weighted by Crippen LogP contribution is -2.32. The molecule has 2 atom stereocenters. The molecule has 0 spiro atoms. The number of rotatable bonds is 1. The average Bonchev–Trinajstić information content (AvgIpc) is 2.58. The third kappa shape index (κ3) is 1.73. The van der Waals surface area contributed by atoms with Crippen molar-refractivity contribution < 1.29 is 15.0 Å². The molecule has 1 aliphatic rings. The van der Waals surface area contributed by atoms with E-state index >= 15 is 0 Å². The molecule has 1 aliphatic carbocycles. The van der Waals surface area contributed by atoms with Gasteiger partial charge < -0.3 is 10.2 Å². The first kappa shape index (κ1) is 13.2. The fourth-order valence-electron chi connectivity index (χ4n) is 3.23. The van der Waals surface area contributed by atoms with Crippen molar-refractivity contribution in [3.8, 4) is 11.1 Å². The van der Waals surface area contributed by atoms with Crippen molar-refractivity contribution in [3.63, 3.8) is 0 Å². The molecule has 3 nitrogen and oxygen atoms in total. The summed E-state index contributed by atoms with van der Waals surface area (Å²) in [5.41, 5.74) is 2.82. The van der Waals surface area contributed by atoms with E-state index in [2.05, 4.69) is 0 Å². The van der Waals surface area contributed by atoms with Gasteiger partial charge in [-0.05, 0) is 27.5 Å². The molecule has 0 aromatic heterocycles. The Kier molecular flexibility index (Phi) is 2.86. The van der Waals surface area contributed by atoms with Crippen LogP contribution in [0.15, 0.2) is 60.7 Å². The zero-order chi connectivity index (χ0) is 15.3. The van der Waals surface area contributed by atoms with E-state index in [9.17, 15) is 15.0 Å². The van der Waals surface area contributed by atoms with Gasteiger partial charge in [0.05, 0.1) is 0 Å². The molecule has 0 aliphatic heterocycles. The highest BCUT2D eigenvalue weighted by molar-refractivity contribution is 6.18. The Morgan fingerprint density at radius 2 is 1.55 bits per heavy atom. The summed E-state index contributed by atoms with van der Waals surface area (Å²) in [6, 6.07) is 19.0. The van der Waals surface area contributed by atoms with Crippen molar-refractivity contribution in [3.05, 3.63) is 71.8 Å². The molecule has 2 N–H and O–H groups in total. The molecule has 3 heteroatoms. The predicted octanol–water partition coefficient (Wildman–Crippen LogP) is 3.10. The molecule has 0 heterocycles. The van der Waals surface area contributed by atoms with Gasteiger partial charge in [-0.2, -0.15) is 0 Å². The normalized spacial score (nSPS) is 20.4. The summed E-state index contributed by atoms with van der Waals surface area (Å²) >= 11 is 0. The monoisotopic (exact) mass is 290 g/mol. The maximum Gasteiger partial charge on any atom is 0.195 e. The number of ketones is 1. The molecule has 22 heavy (non-hydrogen) atoms. The maximum atomic E-state index is 12.6. The van der Waals surface area contributed by atoms with Crippen LogP contribution in [0.25, 0.3) is 21.9 Å². The predicted molar refractivity (Wildman–Crippen MR) is 84.7 cm³/mol. The third-order valence-electron chi connectivity index (χ3n) is 4.30. The number of aliphatic hydroxyl groups excluding tert-OH is 2. The first-order valence-electron chi connectivity index (χ1n) is 7.20. The van der Waals surface area contributed by atoms with Gasteiger partial charge >= 0.3 is 0 Å². The summed E-state index contributed by atoms with van der Waals surface area (Å²) in [6.07, 6.45) is -2.59. The highest BCUT2D eigenvalue weighted by Gasteiger charge is 2.36. The van der Waals surface area contributed by atoms with Gasteiger partial charge in [0.15, 0.2) is 5.78 Å². The maximum absolute atomic E-state index is 12.6. The fraction of sp³-hybridized carbons (Fsp3) is 0.105. The van der Waals surface area contributed by atoms with E-state index in [1.807, 2.05) is 54.6 Å². The number of Topliss-reactive ketones (excluding diaryl/α,β-unsaturated/α-hetero) is 1. The SMILES string of the molecule is O=C1c2c(-c3ccccc3)ccc3cccc(c23)[C@@H](O)[C@H]1O. The molecule has 0 saturated carbocycles. The minimum Gasteiger partial charge on any atom is -0.385 e. The van der Waals surface area contributed by atoms with Crippen LogP contribution in [0.1, 0.15) is 22.0 Å². The van der Waals surface area contributed by atoms with E-state index < -0.39 is 18.0 Å². The first-order chi connectivity index (χ1) is 10.7. The lowest BCUT2D eigenvalue weighted by Gasteiger charge is -2.27. The second kappa shape index (κ2) is 4.77. The molecule has 3 aromatic rings. The standard InChI is InChI=1S/C19H14O3/c20-17-14-8-4-7-12-9-10-13(11-5-2-1-3-6-11)16(15(12)14)18(21)19(17)22/h1-10,17,19-20,22H/t17-,19-/m1/s1. The van der Waals surface area contributed by atoms with E-state index in [-0.39, 0.29) is 0 Å². The Labute approximate surface area is 127 Å². The number of carbonyl (C=O) groups excluding carboxylic acids is 1. The van der Waals surface area contributed by atoms with E-state index in [4.69, 9.17) is 0 Å². The minimum absolute atomic E-state index is 0.421. The molecule has 0 unspecified atom stereocenters. The number of aliphatic hydroxyl groups is 2. The molecule has 0 fully saturated rings. The van der Waals surface area contributed by atoms with Gasteiger partial charge in [0, 0.05) is 5.56 Å². The van der Waals surface area contributed by atoms with E-state index in [0.29, 0.717) is 11.1 Å². The van der Waals surface area contributed by atoms with E-state index in [1.54, 1.807) is 6.07 Å². The highest BCUT2D eigenvalue weighted by atomic mass is 16.3. The summed E-state index contributed by atoms with van der Waals surface area (Å²) in [6.45, 7) is 0. The highest BCUT2D eigenvalue weighted by Crippen LogP contribution is 2.40. The number of carbonyl (C=O) groups is 1. The van der Waals surface area contributed by atoms with Crippen LogP contribution in [0.4, 0.5) is 0 Å². The molecule has 108 valence electrons. The van der Waals surface area contributed by atoms with E-state index in [1.165, 1.54) is 0 Å². The molecule has 0 bridgehead atoms. The quantitative estimate of drug-likeness (QED) is 0.724. The second-order valence-electron chi connectivity index (χ2n) is 5.55. The smallest absolute Gasteiger partial charge is 0.195 e. The van der Waals surface area contributed by atoms with Crippen LogP contribution < -0.4 is 0 Å². The lowest BCUT2D eigenvalue weighted by molar-refractivity contribution is 0.0193. The van der Waals surface area contributed by atoms with Crippen molar-refractivity contribution in [2.24, 2.45) is 0 Å². The van der Waals surface area contributed by atoms with Gasteiger partial charge in [0.25, 0.3) is 0 Å². The Bertz CT molecular complexity index is 884. The first-order valence-corrected chi connectivity index (χ1v) is 7.20. The minimum atomic E-state index is -1.41. The van der Waals surface area contributed by atoms with Crippen molar-refractivity contribution in [1.82, 2.24) is 0 Å². The topological polar surface area (TPSA) is 57.5 Å². The average molecular weight is 290 g/mol. The lowest BCUT2D eigenvalue weighted by atomic mass is 9.80. The third-order valence-corrected chi connectivity index (χ3v) is 4.30. The van der Waals surface area contributed by atoms with Crippen molar-refractivity contribution >= 4 is 16.6 Å². The molecule has 3 aromatic carbocycles. The van der Waals surface area contributed by atoms with Crippen LogP contribution in [0.3, 0.4) is 0 Å². The van der Waals surface area contributed by atoms with Crippen LogP contribution >= 0.6 is 0 Å². The zero-order valence-electron chi connectivity index (χ0n) is 11.7. The van der Waals surface area contributed by atoms with Gasteiger partial charge in [0.1, 0.15) is 12.2 Å². The molecule has 0 radical (unpaired) electrons. The van der Waals surface area contributed by atoms with Gasteiger partial charge in [-0.1, -0.05) is 60.7 Å². The second-order valence-corrected chi connectivity index (χ2v) is 5.55. The Hall–Kier alpha value is -2.49. The summed E-state index contributed by atoms with van der Waals surface area (Å²) in [5.74, 6) is -0.421. The number of hydrogen-bond donors (Lipinski definition) is 2. The molecular weight excluding hydrogens is 276 g/mol. The molecule has 0 saturated heterocycles. The van der Waals surface area contributed by atoms with Gasteiger partial charge in [-0.25, -0.2) is 0 Å². The fourth-order valence-corrected chi connectivity index (χ4v) is 3.23. The van der Waals surface area contributed by atoms with Gasteiger partial charge in [-0.3, -0.25) is 4.79 Å². The Morgan fingerprint density at radius 1 is 0.773 bits per heavy atom. The summed E-state index contributed by atoms with van der Waals surface area (Å²) in [7, 11) is 0. The van der Waals surface area contributed by atoms with Crippen LogP contribution in [0, 0.1) is 0 Å². The van der Waals surface area contributed by atoms with Crippen LogP contribution in [-0.2, 0) is 0 Å². The van der Waals surface area contributed by atoms with E-state index in [0.717, 1.165) is 21.9 Å². The Balaban J connectivity index is 2.14.